The summed E-state index contributed by atoms with van der Waals surface area (Å²) in [6.45, 7) is 0. The SMILES string of the molecule is COc1ccc(NC(=O)CSc2ccc([N+](=O)[O-])cc2)cc1Cl. The van der Waals surface area contributed by atoms with Crippen LogP contribution in [0.2, 0.25) is 5.02 Å². The normalized spacial score (nSPS) is 10.2. The quantitative estimate of drug-likeness (QED) is 0.483. The summed E-state index contributed by atoms with van der Waals surface area (Å²) < 4.78 is 5.04. The van der Waals surface area contributed by atoms with E-state index in [2.05, 4.69) is 5.32 Å². The number of methoxy groups -OCH3 is 1. The molecule has 0 saturated heterocycles. The van der Waals surface area contributed by atoms with Crippen LogP contribution in [0.4, 0.5) is 11.4 Å². The molecule has 0 unspecified atom stereocenters. The molecule has 0 saturated carbocycles. The number of carbonyl (C=O) groups is 1. The fourth-order valence-electron chi connectivity index (χ4n) is 1.75. The Morgan fingerprint density at radius 2 is 2.00 bits per heavy atom. The second-order valence-electron chi connectivity index (χ2n) is 4.44. The molecule has 0 spiro atoms. The number of benzene rings is 2. The Morgan fingerprint density at radius 1 is 1.30 bits per heavy atom. The highest BCUT2D eigenvalue weighted by atomic mass is 35.5. The number of halogens is 1. The summed E-state index contributed by atoms with van der Waals surface area (Å²) in [7, 11) is 1.51. The number of nitro groups is 1. The number of nitrogens with one attached hydrogen (secondary N) is 1. The second-order valence-corrected chi connectivity index (χ2v) is 5.89. The molecule has 1 amide bonds. The Bertz CT molecular complexity index is 722. The molecule has 0 radical (unpaired) electrons. The lowest BCUT2D eigenvalue weighted by Crippen LogP contribution is -2.13. The Hall–Kier alpha value is -2.25. The summed E-state index contributed by atoms with van der Waals surface area (Å²) in [6.07, 6.45) is 0. The third-order valence-electron chi connectivity index (χ3n) is 2.85. The number of non-ortho nitro benzene ring substituents is 1. The van der Waals surface area contributed by atoms with Crippen LogP contribution >= 0.6 is 23.4 Å². The fraction of sp³-hybridized carbons (Fsp3) is 0.133. The zero-order valence-corrected chi connectivity index (χ0v) is 13.7. The van der Waals surface area contributed by atoms with Gasteiger partial charge < -0.3 is 10.1 Å². The van der Waals surface area contributed by atoms with E-state index >= 15 is 0 Å². The molecule has 23 heavy (non-hydrogen) atoms. The van der Waals surface area contributed by atoms with Gasteiger partial charge >= 0.3 is 0 Å². The first kappa shape index (κ1) is 17.1. The molecule has 0 fully saturated rings. The molecule has 0 aliphatic heterocycles. The van der Waals surface area contributed by atoms with Crippen molar-refractivity contribution in [1.82, 2.24) is 0 Å². The zero-order chi connectivity index (χ0) is 16.8. The summed E-state index contributed by atoms with van der Waals surface area (Å²) in [5, 5.41) is 13.7. The lowest BCUT2D eigenvalue weighted by atomic mass is 10.3. The molecule has 1 N–H and O–H groups in total. The van der Waals surface area contributed by atoms with Crippen LogP contribution in [0.1, 0.15) is 0 Å². The molecule has 0 aliphatic rings. The largest absolute Gasteiger partial charge is 0.495 e. The van der Waals surface area contributed by atoms with Crippen LogP contribution in [0.15, 0.2) is 47.4 Å². The van der Waals surface area contributed by atoms with Gasteiger partial charge in [-0.1, -0.05) is 11.6 Å². The number of nitro benzene ring substituents is 1. The number of anilines is 1. The van der Waals surface area contributed by atoms with E-state index < -0.39 is 4.92 Å². The van der Waals surface area contributed by atoms with E-state index in [1.54, 1.807) is 30.3 Å². The minimum Gasteiger partial charge on any atom is -0.495 e. The molecule has 2 rings (SSSR count). The van der Waals surface area contributed by atoms with Gasteiger partial charge in [0, 0.05) is 22.7 Å². The third-order valence-corrected chi connectivity index (χ3v) is 4.16. The van der Waals surface area contributed by atoms with Crippen molar-refractivity contribution in [2.24, 2.45) is 0 Å². The van der Waals surface area contributed by atoms with Crippen molar-refractivity contribution in [2.45, 2.75) is 4.90 Å². The first-order chi connectivity index (χ1) is 11.0. The highest BCUT2D eigenvalue weighted by molar-refractivity contribution is 8.00. The summed E-state index contributed by atoms with van der Waals surface area (Å²) >= 11 is 7.28. The van der Waals surface area contributed by atoms with Crippen molar-refractivity contribution in [3.63, 3.8) is 0 Å². The van der Waals surface area contributed by atoms with Crippen molar-refractivity contribution in [3.05, 3.63) is 57.6 Å². The minimum atomic E-state index is -0.464. The van der Waals surface area contributed by atoms with Crippen LogP contribution in [0.25, 0.3) is 0 Å². The van der Waals surface area contributed by atoms with Gasteiger partial charge in [0.2, 0.25) is 5.91 Å². The summed E-state index contributed by atoms with van der Waals surface area (Å²) in [6, 6.07) is 11.0. The average Bonchev–Trinajstić information content (AvgIpc) is 2.53. The highest BCUT2D eigenvalue weighted by Gasteiger charge is 2.08. The van der Waals surface area contributed by atoms with Gasteiger partial charge in [0.15, 0.2) is 0 Å². The van der Waals surface area contributed by atoms with E-state index in [4.69, 9.17) is 16.3 Å². The van der Waals surface area contributed by atoms with Gasteiger partial charge in [-0.15, -0.1) is 11.8 Å². The number of thioether (sulfide) groups is 1. The Balaban J connectivity index is 1.89. The minimum absolute atomic E-state index is 0.0201. The van der Waals surface area contributed by atoms with Crippen LogP contribution in [-0.4, -0.2) is 23.7 Å². The fourth-order valence-corrected chi connectivity index (χ4v) is 2.71. The molecule has 2 aromatic carbocycles. The number of ether oxygens (including phenoxy) is 1. The monoisotopic (exact) mass is 352 g/mol. The van der Waals surface area contributed by atoms with Crippen LogP contribution in [0.5, 0.6) is 5.75 Å². The Morgan fingerprint density at radius 3 is 2.57 bits per heavy atom. The maximum Gasteiger partial charge on any atom is 0.269 e. The van der Waals surface area contributed by atoms with Gasteiger partial charge in [0.25, 0.3) is 5.69 Å². The van der Waals surface area contributed by atoms with Gasteiger partial charge in [0.05, 0.1) is 22.8 Å². The molecule has 6 nitrogen and oxygen atoms in total. The topological polar surface area (TPSA) is 81.5 Å². The van der Waals surface area contributed by atoms with Crippen molar-refractivity contribution >= 4 is 40.6 Å². The Kier molecular flexibility index (Phi) is 5.84. The van der Waals surface area contributed by atoms with Gasteiger partial charge in [0.1, 0.15) is 5.75 Å². The summed E-state index contributed by atoms with van der Waals surface area (Å²) in [5.41, 5.74) is 0.594. The van der Waals surface area contributed by atoms with Crippen LogP contribution in [0.3, 0.4) is 0 Å². The molecular weight excluding hydrogens is 340 g/mol. The number of hydrogen-bond donors (Lipinski definition) is 1. The molecule has 0 aliphatic carbocycles. The van der Waals surface area contributed by atoms with E-state index in [9.17, 15) is 14.9 Å². The van der Waals surface area contributed by atoms with Crippen molar-refractivity contribution in [3.8, 4) is 5.75 Å². The third kappa shape index (κ3) is 4.87. The number of carbonyl (C=O) groups excluding carboxylic acids is 1. The second kappa shape index (κ2) is 7.85. The zero-order valence-electron chi connectivity index (χ0n) is 12.1. The van der Waals surface area contributed by atoms with Crippen LogP contribution in [-0.2, 0) is 4.79 Å². The van der Waals surface area contributed by atoms with E-state index in [-0.39, 0.29) is 17.3 Å². The van der Waals surface area contributed by atoms with E-state index in [1.807, 2.05) is 0 Å². The van der Waals surface area contributed by atoms with Gasteiger partial charge in [-0.2, -0.15) is 0 Å². The van der Waals surface area contributed by atoms with Crippen molar-refractivity contribution in [2.75, 3.05) is 18.2 Å². The summed E-state index contributed by atoms with van der Waals surface area (Å²) in [5.74, 6) is 0.515. The lowest BCUT2D eigenvalue weighted by Gasteiger charge is -2.08. The molecule has 0 heterocycles. The Labute approximate surface area is 141 Å². The van der Waals surface area contributed by atoms with E-state index in [0.717, 1.165) is 4.90 Å². The molecule has 2 aromatic rings. The van der Waals surface area contributed by atoms with Gasteiger partial charge in [-0.05, 0) is 30.3 Å². The predicted molar refractivity (Wildman–Crippen MR) is 90.5 cm³/mol. The maximum atomic E-state index is 11.9. The lowest BCUT2D eigenvalue weighted by molar-refractivity contribution is -0.384. The molecule has 0 aromatic heterocycles. The molecule has 8 heteroatoms. The number of hydrogen-bond acceptors (Lipinski definition) is 5. The predicted octanol–water partition coefficient (Wildman–Crippen LogP) is 3.99. The van der Waals surface area contributed by atoms with Crippen molar-refractivity contribution < 1.29 is 14.5 Å². The van der Waals surface area contributed by atoms with E-state index in [1.165, 1.54) is 31.0 Å². The smallest absolute Gasteiger partial charge is 0.269 e. The van der Waals surface area contributed by atoms with Crippen LogP contribution in [0, 0.1) is 10.1 Å². The van der Waals surface area contributed by atoms with Crippen LogP contribution < -0.4 is 10.1 Å². The number of rotatable bonds is 6. The number of amides is 1. The molecule has 120 valence electrons. The first-order valence-electron chi connectivity index (χ1n) is 6.50. The molecule has 0 atom stereocenters. The van der Waals surface area contributed by atoms with Gasteiger partial charge in [-0.3, -0.25) is 14.9 Å². The first-order valence-corrected chi connectivity index (χ1v) is 7.86. The van der Waals surface area contributed by atoms with Crippen molar-refractivity contribution in [1.29, 1.82) is 0 Å². The van der Waals surface area contributed by atoms with E-state index in [0.29, 0.717) is 16.5 Å². The molecule has 0 bridgehead atoms. The number of nitrogens with zero attached hydrogens (tertiary/aromatic N) is 1. The maximum absolute atomic E-state index is 11.9. The van der Waals surface area contributed by atoms with Gasteiger partial charge in [-0.25, -0.2) is 0 Å². The highest BCUT2D eigenvalue weighted by Crippen LogP contribution is 2.27. The summed E-state index contributed by atoms with van der Waals surface area (Å²) in [4.78, 5) is 22.8. The average molecular weight is 353 g/mol. The molecular formula is C15H13ClN2O4S. The standard InChI is InChI=1S/C15H13ClN2O4S/c1-22-14-7-2-10(8-13(14)16)17-15(19)9-23-12-5-3-11(4-6-12)18(20)21/h2-8H,9H2,1H3,(H,17,19).